The van der Waals surface area contributed by atoms with Crippen molar-refractivity contribution in [2.45, 2.75) is 23.9 Å². The first-order valence-electron chi connectivity index (χ1n) is 8.25. The Morgan fingerprint density at radius 2 is 2.19 bits per heavy atom. The second-order valence-electron chi connectivity index (χ2n) is 6.32. The van der Waals surface area contributed by atoms with Gasteiger partial charge in [-0.3, -0.25) is 4.79 Å². The zero-order valence-corrected chi connectivity index (χ0v) is 15.0. The van der Waals surface area contributed by atoms with E-state index in [9.17, 15) is 14.7 Å². The van der Waals surface area contributed by atoms with Crippen LogP contribution in [0, 0.1) is 0 Å². The van der Waals surface area contributed by atoms with Crippen LogP contribution in [0.4, 0.5) is 0 Å². The minimum absolute atomic E-state index is 0.185. The number of aliphatic carboxylic acids is 1. The molecule has 134 valence electrons. The molecular weight excluding hydrogens is 352 g/mol. The summed E-state index contributed by atoms with van der Waals surface area (Å²) in [4.78, 5) is 34.0. The highest BCUT2D eigenvalue weighted by atomic mass is 32.2. The molecule has 0 aliphatic carbocycles. The van der Waals surface area contributed by atoms with Gasteiger partial charge < -0.3 is 19.6 Å². The number of aryl methyl sites for hydroxylation is 1. The van der Waals surface area contributed by atoms with Crippen LogP contribution in [0.5, 0.6) is 0 Å². The van der Waals surface area contributed by atoms with Gasteiger partial charge in [-0.25, -0.2) is 9.78 Å². The SMILES string of the molecule is Cn1cc(SCC(=O)N2Cc3[nH]cnc3C[C@H]2C(=O)O)c2ccccc21. The number of fused-ring (bicyclic) bond motifs is 2. The van der Waals surface area contributed by atoms with Crippen molar-refractivity contribution < 1.29 is 14.7 Å². The molecule has 0 unspecified atom stereocenters. The lowest BCUT2D eigenvalue weighted by atomic mass is 10.0. The summed E-state index contributed by atoms with van der Waals surface area (Å²) in [5.74, 6) is -0.987. The molecule has 26 heavy (non-hydrogen) atoms. The molecule has 1 aliphatic rings. The number of H-pyrrole nitrogens is 1. The van der Waals surface area contributed by atoms with Crippen LogP contribution in [0.2, 0.25) is 0 Å². The number of thioether (sulfide) groups is 1. The van der Waals surface area contributed by atoms with Crippen molar-refractivity contribution in [2.24, 2.45) is 7.05 Å². The standard InChI is InChI=1S/C18H18N4O3S/c1-21-8-16(11-4-2-3-5-14(11)21)26-9-17(23)22-7-13-12(19-10-20-13)6-15(22)18(24)25/h2-5,8,10,15H,6-7,9H2,1H3,(H,19,20)(H,24,25)/t15-/m0/s1. The van der Waals surface area contributed by atoms with Gasteiger partial charge in [0.25, 0.3) is 0 Å². The molecule has 1 amide bonds. The first-order valence-corrected chi connectivity index (χ1v) is 9.23. The third-order valence-electron chi connectivity index (χ3n) is 4.72. The van der Waals surface area contributed by atoms with Crippen molar-refractivity contribution >= 4 is 34.5 Å². The normalized spacial score (nSPS) is 16.7. The second-order valence-corrected chi connectivity index (χ2v) is 7.33. The lowest BCUT2D eigenvalue weighted by Crippen LogP contribution is -2.49. The minimum atomic E-state index is -0.998. The summed E-state index contributed by atoms with van der Waals surface area (Å²) in [6.45, 7) is 0.251. The molecule has 4 rings (SSSR count). The number of benzene rings is 1. The van der Waals surface area contributed by atoms with Crippen LogP contribution in [-0.4, -0.2) is 48.2 Å². The van der Waals surface area contributed by atoms with Gasteiger partial charge in [0.15, 0.2) is 0 Å². The van der Waals surface area contributed by atoms with Crippen LogP contribution < -0.4 is 0 Å². The van der Waals surface area contributed by atoms with Gasteiger partial charge in [-0.15, -0.1) is 11.8 Å². The van der Waals surface area contributed by atoms with Crippen LogP contribution in [0.25, 0.3) is 10.9 Å². The molecule has 0 saturated heterocycles. The van der Waals surface area contributed by atoms with E-state index in [1.807, 2.05) is 42.1 Å². The van der Waals surface area contributed by atoms with Crippen molar-refractivity contribution in [3.63, 3.8) is 0 Å². The number of aromatic nitrogens is 3. The third-order valence-corrected chi connectivity index (χ3v) is 5.74. The Morgan fingerprint density at radius 3 is 3.00 bits per heavy atom. The zero-order chi connectivity index (χ0) is 18.3. The molecule has 2 aromatic heterocycles. The van der Waals surface area contributed by atoms with E-state index in [1.165, 1.54) is 16.7 Å². The second kappa shape index (κ2) is 6.53. The Hall–Kier alpha value is -2.74. The number of hydrogen-bond donors (Lipinski definition) is 2. The number of para-hydroxylation sites is 1. The number of rotatable bonds is 4. The van der Waals surface area contributed by atoms with Crippen LogP contribution in [-0.2, 0) is 29.6 Å². The highest BCUT2D eigenvalue weighted by Gasteiger charge is 2.35. The number of hydrogen-bond acceptors (Lipinski definition) is 4. The molecule has 1 aromatic carbocycles. The number of aromatic amines is 1. The summed E-state index contributed by atoms with van der Waals surface area (Å²) in [5, 5.41) is 10.6. The monoisotopic (exact) mass is 370 g/mol. The van der Waals surface area contributed by atoms with E-state index >= 15 is 0 Å². The Labute approximate surface area is 154 Å². The molecule has 3 heterocycles. The number of nitrogens with zero attached hydrogens (tertiary/aromatic N) is 3. The van der Waals surface area contributed by atoms with E-state index in [2.05, 4.69) is 9.97 Å². The maximum atomic E-state index is 12.8. The number of amides is 1. The molecule has 0 saturated carbocycles. The van der Waals surface area contributed by atoms with Gasteiger partial charge in [0.1, 0.15) is 6.04 Å². The Bertz CT molecular complexity index is 993. The van der Waals surface area contributed by atoms with E-state index in [1.54, 1.807) is 6.33 Å². The van der Waals surface area contributed by atoms with E-state index in [-0.39, 0.29) is 24.6 Å². The van der Waals surface area contributed by atoms with Gasteiger partial charge in [0, 0.05) is 35.5 Å². The molecule has 0 radical (unpaired) electrons. The topological polar surface area (TPSA) is 91.2 Å². The zero-order valence-electron chi connectivity index (χ0n) is 14.2. The first-order chi connectivity index (χ1) is 12.5. The quantitative estimate of drug-likeness (QED) is 0.686. The number of nitrogens with one attached hydrogen (secondary N) is 1. The van der Waals surface area contributed by atoms with Gasteiger partial charge in [-0.2, -0.15) is 0 Å². The lowest BCUT2D eigenvalue weighted by molar-refractivity contribution is -0.150. The molecular formula is C18H18N4O3S. The van der Waals surface area contributed by atoms with Gasteiger partial charge in [-0.1, -0.05) is 18.2 Å². The fourth-order valence-electron chi connectivity index (χ4n) is 3.36. The number of carboxylic acid groups (broad SMARTS) is 1. The summed E-state index contributed by atoms with van der Waals surface area (Å²) >= 11 is 1.44. The fourth-order valence-corrected chi connectivity index (χ4v) is 4.37. The number of imidazole rings is 1. The maximum absolute atomic E-state index is 12.8. The van der Waals surface area contributed by atoms with Gasteiger partial charge in [0.05, 0.1) is 30.0 Å². The van der Waals surface area contributed by atoms with Crippen LogP contribution in [0.1, 0.15) is 11.4 Å². The van der Waals surface area contributed by atoms with Crippen LogP contribution in [0.3, 0.4) is 0 Å². The minimum Gasteiger partial charge on any atom is -0.480 e. The smallest absolute Gasteiger partial charge is 0.326 e. The summed E-state index contributed by atoms with van der Waals surface area (Å²) in [5.41, 5.74) is 2.64. The van der Waals surface area contributed by atoms with Crippen LogP contribution >= 0.6 is 11.8 Å². The first kappa shape index (κ1) is 16.7. The van der Waals surface area contributed by atoms with Crippen LogP contribution in [0.15, 0.2) is 41.7 Å². The van der Waals surface area contributed by atoms with Crippen molar-refractivity contribution in [1.29, 1.82) is 0 Å². The van der Waals surface area contributed by atoms with Crippen molar-refractivity contribution in [3.8, 4) is 0 Å². The largest absolute Gasteiger partial charge is 0.480 e. The van der Waals surface area contributed by atoms with E-state index in [4.69, 9.17) is 0 Å². The molecule has 1 aliphatic heterocycles. The van der Waals surface area contributed by atoms with Crippen molar-refractivity contribution in [3.05, 3.63) is 48.2 Å². The van der Waals surface area contributed by atoms with Gasteiger partial charge in [-0.05, 0) is 6.07 Å². The van der Waals surface area contributed by atoms with Gasteiger partial charge in [0.2, 0.25) is 5.91 Å². The van der Waals surface area contributed by atoms with Gasteiger partial charge >= 0.3 is 5.97 Å². The Morgan fingerprint density at radius 1 is 1.38 bits per heavy atom. The Kier molecular flexibility index (Phi) is 4.20. The lowest BCUT2D eigenvalue weighted by Gasteiger charge is -2.32. The molecule has 0 bridgehead atoms. The fraction of sp³-hybridized carbons (Fsp3) is 0.278. The predicted molar refractivity (Wildman–Crippen MR) is 97.9 cm³/mol. The van der Waals surface area contributed by atoms with E-state index in [0.29, 0.717) is 0 Å². The predicted octanol–water partition coefficient (Wildman–Crippen LogP) is 2.03. The number of carbonyl (C=O) groups excluding carboxylic acids is 1. The molecule has 3 aromatic rings. The summed E-state index contributed by atoms with van der Waals surface area (Å²) < 4.78 is 2.03. The average Bonchev–Trinajstić information content (AvgIpc) is 3.23. The summed E-state index contributed by atoms with van der Waals surface area (Å²) in [7, 11) is 1.97. The molecule has 0 spiro atoms. The summed E-state index contributed by atoms with van der Waals surface area (Å²) in [6.07, 6.45) is 3.78. The average molecular weight is 370 g/mol. The molecule has 8 heteroatoms. The molecule has 2 N–H and O–H groups in total. The Balaban J connectivity index is 1.53. The number of carbonyl (C=O) groups is 2. The van der Waals surface area contributed by atoms with E-state index < -0.39 is 12.0 Å². The maximum Gasteiger partial charge on any atom is 0.326 e. The highest BCUT2D eigenvalue weighted by Crippen LogP contribution is 2.30. The third kappa shape index (κ3) is 2.86. The molecule has 1 atom stereocenters. The number of carboxylic acids is 1. The highest BCUT2D eigenvalue weighted by molar-refractivity contribution is 8.00. The van der Waals surface area contributed by atoms with Crippen molar-refractivity contribution in [2.75, 3.05) is 5.75 Å². The van der Waals surface area contributed by atoms with E-state index in [0.717, 1.165) is 27.2 Å². The molecule has 0 fully saturated rings. The molecule has 7 nitrogen and oxygen atoms in total. The summed E-state index contributed by atoms with van der Waals surface area (Å²) in [6, 6.07) is 7.15. The van der Waals surface area contributed by atoms with Crippen molar-refractivity contribution in [1.82, 2.24) is 19.4 Å².